The van der Waals surface area contributed by atoms with Crippen molar-refractivity contribution in [2.45, 2.75) is 19.2 Å². The zero-order valence-electron chi connectivity index (χ0n) is 16.5. The number of hydrogen-bond acceptors (Lipinski definition) is 8. The van der Waals surface area contributed by atoms with Gasteiger partial charge in [-0.3, -0.25) is 4.79 Å². The number of carbonyl (C=O) groups excluding carboxylic acids is 1. The van der Waals surface area contributed by atoms with E-state index in [2.05, 4.69) is 31.8 Å². The topological polar surface area (TPSA) is 103 Å². The van der Waals surface area contributed by atoms with Gasteiger partial charge in [0.25, 0.3) is 5.91 Å². The lowest BCUT2D eigenvalue weighted by atomic mass is 10.2. The number of ether oxygens (including phenoxy) is 2. The van der Waals surface area contributed by atoms with E-state index in [1.807, 2.05) is 29.6 Å². The third-order valence-corrected chi connectivity index (χ3v) is 5.74. The second-order valence-electron chi connectivity index (χ2n) is 6.92. The summed E-state index contributed by atoms with van der Waals surface area (Å²) in [7, 11) is 0. The van der Waals surface area contributed by atoms with Crippen molar-refractivity contribution in [2.75, 3.05) is 18.5 Å². The molecular weight excluding hydrogens is 416 g/mol. The van der Waals surface area contributed by atoms with Crippen LogP contribution in [0.15, 0.2) is 54.3 Å². The summed E-state index contributed by atoms with van der Waals surface area (Å²) >= 11 is 1.69. The van der Waals surface area contributed by atoms with E-state index in [4.69, 9.17) is 9.47 Å². The Morgan fingerprint density at radius 3 is 2.97 bits per heavy atom. The third-order valence-electron chi connectivity index (χ3n) is 4.87. The van der Waals surface area contributed by atoms with Gasteiger partial charge in [0.05, 0.1) is 24.7 Å². The Morgan fingerprint density at radius 2 is 2.10 bits per heavy atom. The van der Waals surface area contributed by atoms with Crippen LogP contribution >= 0.6 is 11.3 Å². The average molecular weight is 436 g/mol. The molecule has 0 saturated carbocycles. The number of benzene rings is 1. The summed E-state index contributed by atoms with van der Waals surface area (Å²) in [4.78, 5) is 22.4. The Labute approximate surface area is 182 Å². The van der Waals surface area contributed by atoms with Crippen LogP contribution < -0.4 is 20.1 Å². The predicted molar refractivity (Wildman–Crippen MR) is 116 cm³/mol. The molecule has 3 aromatic heterocycles. The molecular formula is C21H20N6O3S. The Balaban J connectivity index is 1.18. The minimum atomic E-state index is -0.681. The van der Waals surface area contributed by atoms with E-state index in [0.29, 0.717) is 36.8 Å². The average Bonchev–Trinajstić information content (AvgIpc) is 3.48. The van der Waals surface area contributed by atoms with E-state index in [0.717, 1.165) is 11.2 Å². The van der Waals surface area contributed by atoms with Crippen LogP contribution in [0.3, 0.4) is 0 Å². The van der Waals surface area contributed by atoms with Crippen molar-refractivity contribution in [1.82, 2.24) is 25.1 Å². The van der Waals surface area contributed by atoms with Gasteiger partial charge in [0, 0.05) is 11.4 Å². The number of hydrogen-bond donors (Lipinski definition) is 2. The van der Waals surface area contributed by atoms with Crippen LogP contribution in [-0.2, 0) is 17.9 Å². The first kappa shape index (κ1) is 19.3. The molecule has 1 unspecified atom stereocenters. The van der Waals surface area contributed by atoms with E-state index in [1.54, 1.807) is 28.3 Å². The molecule has 1 amide bonds. The first-order valence-electron chi connectivity index (χ1n) is 9.87. The Morgan fingerprint density at radius 1 is 1.19 bits per heavy atom. The van der Waals surface area contributed by atoms with Crippen LogP contribution in [0.2, 0.25) is 0 Å². The predicted octanol–water partition coefficient (Wildman–Crippen LogP) is 2.46. The number of thiophene rings is 1. The van der Waals surface area contributed by atoms with Crippen molar-refractivity contribution in [1.29, 1.82) is 0 Å². The minimum Gasteiger partial charge on any atom is -0.485 e. The van der Waals surface area contributed by atoms with Crippen molar-refractivity contribution in [2.24, 2.45) is 0 Å². The summed E-state index contributed by atoms with van der Waals surface area (Å²) in [5.41, 5.74) is 0.712. The number of amides is 1. The van der Waals surface area contributed by atoms with Gasteiger partial charge in [-0.2, -0.15) is 5.10 Å². The van der Waals surface area contributed by atoms with Gasteiger partial charge in [0.15, 0.2) is 17.1 Å². The number of carbonyl (C=O) groups is 1. The van der Waals surface area contributed by atoms with Gasteiger partial charge in [-0.25, -0.2) is 14.6 Å². The molecule has 0 spiro atoms. The molecule has 158 valence electrons. The molecule has 4 heterocycles. The normalized spacial score (nSPS) is 15.0. The lowest BCUT2D eigenvalue weighted by Crippen LogP contribution is -2.44. The van der Waals surface area contributed by atoms with Crippen LogP contribution in [0, 0.1) is 0 Å². The lowest BCUT2D eigenvalue weighted by Gasteiger charge is -2.25. The minimum absolute atomic E-state index is 0.181. The smallest absolute Gasteiger partial charge is 0.264 e. The molecule has 0 bridgehead atoms. The summed E-state index contributed by atoms with van der Waals surface area (Å²) < 4.78 is 13.1. The van der Waals surface area contributed by atoms with Gasteiger partial charge in [0.1, 0.15) is 18.8 Å². The van der Waals surface area contributed by atoms with Crippen molar-refractivity contribution in [3.05, 3.63) is 59.2 Å². The Kier molecular flexibility index (Phi) is 5.36. The van der Waals surface area contributed by atoms with E-state index >= 15 is 0 Å². The van der Waals surface area contributed by atoms with E-state index in [-0.39, 0.29) is 12.5 Å². The Hall–Kier alpha value is -3.66. The van der Waals surface area contributed by atoms with E-state index in [9.17, 15) is 4.79 Å². The molecule has 9 nitrogen and oxygen atoms in total. The molecule has 1 atom stereocenters. The van der Waals surface area contributed by atoms with Gasteiger partial charge in [0.2, 0.25) is 6.10 Å². The number of anilines is 1. The Bertz CT molecular complexity index is 1190. The highest BCUT2D eigenvalue weighted by Crippen LogP contribution is 2.30. The summed E-state index contributed by atoms with van der Waals surface area (Å²) in [5.74, 6) is 1.74. The molecule has 31 heavy (non-hydrogen) atoms. The molecule has 10 heteroatoms. The fourth-order valence-corrected chi connectivity index (χ4v) is 3.97. The maximum atomic E-state index is 12.5. The standard InChI is InChI=1S/C21H20N6O3S/c28-21(18-12-29-16-5-1-2-6-17(16)30-18)22-7-8-27-20-15(11-26-27)19(24-13-25-20)23-10-14-4-3-9-31-14/h1-6,9,11,13,18H,7-8,10,12H2,(H,22,28)(H,23,24,25). The SMILES string of the molecule is O=C(NCCn1ncc2c(NCc3cccs3)ncnc21)C1COc2ccccc2O1. The van der Waals surface area contributed by atoms with Gasteiger partial charge in [-0.05, 0) is 23.6 Å². The molecule has 0 aliphatic carbocycles. The van der Waals surface area contributed by atoms with Gasteiger partial charge >= 0.3 is 0 Å². The van der Waals surface area contributed by atoms with Crippen molar-refractivity contribution >= 4 is 34.1 Å². The molecule has 1 aliphatic heterocycles. The molecule has 0 saturated heterocycles. The van der Waals surface area contributed by atoms with Crippen LogP contribution in [0.5, 0.6) is 11.5 Å². The quantitative estimate of drug-likeness (QED) is 0.459. The monoisotopic (exact) mass is 436 g/mol. The highest BCUT2D eigenvalue weighted by Gasteiger charge is 2.26. The highest BCUT2D eigenvalue weighted by molar-refractivity contribution is 7.09. The molecule has 0 fully saturated rings. The van der Waals surface area contributed by atoms with Crippen molar-refractivity contribution in [3.63, 3.8) is 0 Å². The number of fused-ring (bicyclic) bond motifs is 2. The zero-order chi connectivity index (χ0) is 21.0. The number of nitrogens with one attached hydrogen (secondary N) is 2. The van der Waals surface area contributed by atoms with Crippen molar-refractivity contribution in [3.8, 4) is 11.5 Å². The molecule has 5 rings (SSSR count). The zero-order valence-corrected chi connectivity index (χ0v) is 17.3. The summed E-state index contributed by atoms with van der Waals surface area (Å²) in [6.45, 7) is 1.73. The largest absolute Gasteiger partial charge is 0.485 e. The van der Waals surface area contributed by atoms with Crippen LogP contribution in [0.1, 0.15) is 4.88 Å². The number of nitrogens with zero attached hydrogens (tertiary/aromatic N) is 4. The molecule has 2 N–H and O–H groups in total. The maximum absolute atomic E-state index is 12.5. The lowest BCUT2D eigenvalue weighted by molar-refractivity contribution is -0.130. The van der Waals surface area contributed by atoms with Crippen LogP contribution in [-0.4, -0.2) is 44.9 Å². The maximum Gasteiger partial charge on any atom is 0.264 e. The summed E-state index contributed by atoms with van der Waals surface area (Å²) in [5, 5.41) is 13.5. The van der Waals surface area contributed by atoms with E-state index < -0.39 is 6.10 Å². The van der Waals surface area contributed by atoms with Crippen LogP contribution in [0.25, 0.3) is 11.0 Å². The van der Waals surface area contributed by atoms with Crippen molar-refractivity contribution < 1.29 is 14.3 Å². The molecule has 1 aromatic carbocycles. The van der Waals surface area contributed by atoms with Gasteiger partial charge < -0.3 is 20.1 Å². The first-order valence-corrected chi connectivity index (χ1v) is 10.7. The van der Waals surface area contributed by atoms with Gasteiger partial charge in [-0.15, -0.1) is 11.3 Å². The fourth-order valence-electron chi connectivity index (χ4n) is 3.33. The van der Waals surface area contributed by atoms with Crippen LogP contribution in [0.4, 0.5) is 5.82 Å². The highest BCUT2D eigenvalue weighted by atomic mass is 32.1. The summed E-state index contributed by atoms with van der Waals surface area (Å²) in [6, 6.07) is 11.4. The fraction of sp³-hybridized carbons (Fsp3) is 0.238. The second kappa shape index (κ2) is 8.60. The summed E-state index contributed by atoms with van der Waals surface area (Å²) in [6.07, 6.45) is 2.57. The number of rotatable bonds is 7. The van der Waals surface area contributed by atoms with Gasteiger partial charge in [-0.1, -0.05) is 18.2 Å². The third kappa shape index (κ3) is 4.15. The number of aromatic nitrogens is 4. The van der Waals surface area contributed by atoms with E-state index in [1.165, 1.54) is 11.2 Å². The molecule has 1 aliphatic rings. The first-order chi connectivity index (χ1) is 15.3. The second-order valence-corrected chi connectivity index (χ2v) is 7.95. The number of para-hydroxylation sites is 2. The molecule has 0 radical (unpaired) electrons. The molecule has 4 aromatic rings.